The van der Waals surface area contributed by atoms with Gasteiger partial charge in [-0.15, -0.1) is 0 Å². The van der Waals surface area contributed by atoms with Crippen molar-refractivity contribution in [3.05, 3.63) is 59.7 Å². The normalized spacial score (nSPS) is 11.9. The third-order valence-corrected chi connectivity index (χ3v) is 5.32. The van der Waals surface area contributed by atoms with Gasteiger partial charge in [0.25, 0.3) is 5.91 Å². The van der Waals surface area contributed by atoms with Crippen LogP contribution in [0.15, 0.2) is 53.4 Å². The van der Waals surface area contributed by atoms with E-state index in [0.29, 0.717) is 17.7 Å². The van der Waals surface area contributed by atoms with Gasteiger partial charge in [0.2, 0.25) is 10.0 Å². The minimum atomic E-state index is -3.73. The molecule has 1 atom stereocenters. The van der Waals surface area contributed by atoms with Gasteiger partial charge in [-0.05, 0) is 55.8 Å². The van der Waals surface area contributed by atoms with Crippen molar-refractivity contribution < 1.29 is 22.7 Å². The molecule has 1 amide bonds. The van der Waals surface area contributed by atoms with Crippen molar-refractivity contribution in [1.82, 2.24) is 4.72 Å². The number of amides is 1. The van der Waals surface area contributed by atoms with Crippen LogP contribution in [0.1, 0.15) is 36.2 Å². The van der Waals surface area contributed by atoms with E-state index in [-0.39, 0.29) is 17.0 Å². The minimum absolute atomic E-state index is 0.0161. The number of hydrogen-bond acceptors (Lipinski definition) is 6. The minimum Gasteiger partial charge on any atom is -0.449 e. The van der Waals surface area contributed by atoms with Crippen LogP contribution in [0.2, 0.25) is 0 Å². The summed E-state index contributed by atoms with van der Waals surface area (Å²) in [6.45, 7) is 3.52. The molecule has 0 aliphatic heterocycles. The average molecular weight is 415 g/mol. The fourth-order valence-electron chi connectivity index (χ4n) is 2.26. The molecule has 2 aromatic rings. The molecular formula is C20H21N3O5S. The lowest BCUT2D eigenvalue weighted by molar-refractivity contribution is -0.123. The fourth-order valence-corrected chi connectivity index (χ4v) is 3.44. The molecule has 0 saturated carbocycles. The van der Waals surface area contributed by atoms with Gasteiger partial charge in [-0.1, -0.05) is 13.0 Å². The van der Waals surface area contributed by atoms with Gasteiger partial charge in [-0.2, -0.15) is 5.26 Å². The van der Waals surface area contributed by atoms with Crippen LogP contribution < -0.4 is 10.0 Å². The molecule has 0 fully saturated rings. The monoisotopic (exact) mass is 415 g/mol. The third kappa shape index (κ3) is 6.14. The lowest BCUT2D eigenvalue weighted by Crippen LogP contribution is -2.30. The number of rotatable bonds is 8. The molecule has 29 heavy (non-hydrogen) atoms. The zero-order valence-corrected chi connectivity index (χ0v) is 16.8. The second-order valence-electron chi connectivity index (χ2n) is 6.15. The molecule has 0 radical (unpaired) electrons. The predicted molar refractivity (Wildman–Crippen MR) is 107 cm³/mol. The number of hydrogen-bond donors (Lipinski definition) is 2. The first-order valence-electron chi connectivity index (χ1n) is 8.88. The molecule has 0 aliphatic carbocycles. The summed E-state index contributed by atoms with van der Waals surface area (Å²) in [4.78, 5) is 24.5. The number of anilines is 1. The average Bonchev–Trinajstić information content (AvgIpc) is 2.72. The maximum Gasteiger partial charge on any atom is 0.338 e. The molecule has 0 aromatic heterocycles. The van der Waals surface area contributed by atoms with Crippen LogP contribution in [-0.4, -0.2) is 32.9 Å². The third-order valence-electron chi connectivity index (χ3n) is 3.86. The summed E-state index contributed by atoms with van der Waals surface area (Å²) in [5.41, 5.74) is 0.917. The van der Waals surface area contributed by atoms with Gasteiger partial charge in [0.15, 0.2) is 6.10 Å². The van der Waals surface area contributed by atoms with Gasteiger partial charge in [0.05, 0.1) is 22.1 Å². The number of esters is 1. The number of carbonyl (C=O) groups is 2. The quantitative estimate of drug-likeness (QED) is 0.638. The Kier molecular flexibility index (Phi) is 7.47. The summed E-state index contributed by atoms with van der Waals surface area (Å²) < 4.78 is 32.0. The molecule has 8 nitrogen and oxygen atoms in total. The van der Waals surface area contributed by atoms with Gasteiger partial charge >= 0.3 is 5.97 Å². The molecule has 0 heterocycles. The standard InChI is InChI=1S/C20H21N3O5S/c1-3-11-22-29(26,27)18-6-4-5-16(12-18)20(25)28-14(2)19(24)23-17-9-7-15(13-21)8-10-17/h4-10,12,14,22H,3,11H2,1-2H3,(H,23,24)/t14-/m0/s1. The van der Waals surface area contributed by atoms with Crippen LogP contribution in [0.3, 0.4) is 0 Å². The SMILES string of the molecule is CCCNS(=O)(=O)c1cccc(C(=O)O[C@@H](C)C(=O)Nc2ccc(C#N)cc2)c1. The van der Waals surface area contributed by atoms with Crippen LogP contribution in [0.4, 0.5) is 5.69 Å². The number of carbonyl (C=O) groups excluding carboxylic acids is 2. The Morgan fingerprint density at radius 3 is 2.48 bits per heavy atom. The van der Waals surface area contributed by atoms with E-state index < -0.39 is 28.0 Å². The molecule has 2 N–H and O–H groups in total. The summed E-state index contributed by atoms with van der Waals surface area (Å²) in [6.07, 6.45) is -0.482. The zero-order valence-electron chi connectivity index (χ0n) is 16.0. The van der Waals surface area contributed by atoms with Crippen molar-refractivity contribution >= 4 is 27.6 Å². The van der Waals surface area contributed by atoms with E-state index >= 15 is 0 Å². The van der Waals surface area contributed by atoms with Crippen LogP contribution >= 0.6 is 0 Å². The van der Waals surface area contributed by atoms with E-state index in [9.17, 15) is 18.0 Å². The van der Waals surface area contributed by atoms with Gasteiger partial charge in [0, 0.05) is 12.2 Å². The molecule has 0 unspecified atom stereocenters. The highest BCUT2D eigenvalue weighted by Crippen LogP contribution is 2.14. The van der Waals surface area contributed by atoms with Crippen molar-refractivity contribution in [3.8, 4) is 6.07 Å². The Labute approximate surface area is 169 Å². The van der Waals surface area contributed by atoms with Crippen molar-refractivity contribution in [2.24, 2.45) is 0 Å². The largest absolute Gasteiger partial charge is 0.449 e. The predicted octanol–water partition coefficient (Wildman–Crippen LogP) is 2.43. The summed E-state index contributed by atoms with van der Waals surface area (Å²) in [7, 11) is -3.73. The molecule has 2 rings (SSSR count). The Morgan fingerprint density at radius 1 is 1.17 bits per heavy atom. The fraction of sp³-hybridized carbons (Fsp3) is 0.250. The zero-order chi connectivity index (χ0) is 21.4. The Balaban J connectivity index is 2.04. The molecule has 0 bridgehead atoms. The highest BCUT2D eigenvalue weighted by molar-refractivity contribution is 7.89. The summed E-state index contributed by atoms with van der Waals surface area (Å²) in [6, 6.07) is 13.6. The van der Waals surface area contributed by atoms with Crippen molar-refractivity contribution in [1.29, 1.82) is 5.26 Å². The molecule has 0 saturated heterocycles. The molecular weight excluding hydrogens is 394 g/mol. The first-order chi connectivity index (χ1) is 13.8. The molecule has 0 aliphatic rings. The highest BCUT2D eigenvalue weighted by Gasteiger charge is 2.21. The topological polar surface area (TPSA) is 125 Å². The number of nitrogens with one attached hydrogen (secondary N) is 2. The Morgan fingerprint density at radius 2 is 1.86 bits per heavy atom. The number of nitriles is 1. The molecule has 2 aromatic carbocycles. The van der Waals surface area contributed by atoms with Gasteiger partial charge < -0.3 is 10.1 Å². The maximum atomic E-state index is 12.3. The number of ether oxygens (including phenoxy) is 1. The van der Waals surface area contributed by atoms with Gasteiger partial charge in [-0.3, -0.25) is 4.79 Å². The summed E-state index contributed by atoms with van der Waals surface area (Å²) in [5, 5.41) is 11.4. The van der Waals surface area contributed by atoms with Crippen molar-refractivity contribution in [3.63, 3.8) is 0 Å². The summed E-state index contributed by atoms with van der Waals surface area (Å²) in [5.74, 6) is -1.38. The first-order valence-corrected chi connectivity index (χ1v) is 10.4. The van der Waals surface area contributed by atoms with Crippen LogP contribution in [-0.2, 0) is 19.6 Å². The maximum absolute atomic E-state index is 12.3. The van der Waals surface area contributed by atoms with E-state index in [0.717, 1.165) is 0 Å². The second kappa shape index (κ2) is 9.82. The van der Waals surface area contributed by atoms with E-state index in [4.69, 9.17) is 10.00 Å². The smallest absolute Gasteiger partial charge is 0.338 e. The lowest BCUT2D eigenvalue weighted by atomic mass is 10.2. The molecule has 9 heteroatoms. The van der Waals surface area contributed by atoms with Crippen LogP contribution in [0, 0.1) is 11.3 Å². The second-order valence-corrected chi connectivity index (χ2v) is 7.92. The van der Waals surface area contributed by atoms with Crippen molar-refractivity contribution in [2.75, 3.05) is 11.9 Å². The molecule has 0 spiro atoms. The van der Waals surface area contributed by atoms with Crippen LogP contribution in [0.25, 0.3) is 0 Å². The molecule has 152 valence electrons. The summed E-state index contributed by atoms with van der Waals surface area (Å²) >= 11 is 0. The van der Waals surface area contributed by atoms with Gasteiger partial charge in [0.1, 0.15) is 0 Å². The first kappa shape index (κ1) is 22.1. The van der Waals surface area contributed by atoms with Crippen LogP contribution in [0.5, 0.6) is 0 Å². The highest BCUT2D eigenvalue weighted by atomic mass is 32.2. The van der Waals surface area contributed by atoms with E-state index in [1.54, 1.807) is 24.3 Å². The van der Waals surface area contributed by atoms with E-state index in [1.807, 2.05) is 13.0 Å². The lowest BCUT2D eigenvalue weighted by Gasteiger charge is -2.14. The number of benzene rings is 2. The number of nitrogens with zero attached hydrogens (tertiary/aromatic N) is 1. The van der Waals surface area contributed by atoms with E-state index in [2.05, 4.69) is 10.0 Å². The Hall–Kier alpha value is -3.22. The van der Waals surface area contributed by atoms with Gasteiger partial charge in [-0.25, -0.2) is 17.9 Å². The number of sulfonamides is 1. The van der Waals surface area contributed by atoms with E-state index in [1.165, 1.54) is 31.2 Å². The Bertz CT molecular complexity index is 1030. The van der Waals surface area contributed by atoms with Crippen molar-refractivity contribution in [2.45, 2.75) is 31.3 Å².